The van der Waals surface area contributed by atoms with Gasteiger partial charge >= 0.3 is 0 Å². The normalized spacial score (nSPS) is 10.2. The molecule has 0 aliphatic heterocycles. The Morgan fingerprint density at radius 1 is 1.18 bits per heavy atom. The molecule has 5 heteroatoms. The first-order valence-electron chi connectivity index (χ1n) is 5.30. The molecule has 0 aromatic carbocycles. The van der Waals surface area contributed by atoms with Crippen LogP contribution >= 0.6 is 11.6 Å². The minimum atomic E-state index is 0.436. The zero-order chi connectivity index (χ0) is 12.1. The SMILES string of the molecule is Nc1ccc(Cl)nc1NCCc1ccncc1. The Morgan fingerprint density at radius 3 is 2.71 bits per heavy atom. The molecule has 0 radical (unpaired) electrons. The lowest BCUT2D eigenvalue weighted by Gasteiger charge is -2.08. The molecule has 0 fully saturated rings. The van der Waals surface area contributed by atoms with Crippen molar-refractivity contribution in [3.05, 3.63) is 47.4 Å². The van der Waals surface area contributed by atoms with E-state index in [-0.39, 0.29) is 0 Å². The number of nitrogen functional groups attached to an aromatic ring is 1. The van der Waals surface area contributed by atoms with Crippen molar-refractivity contribution in [3.63, 3.8) is 0 Å². The summed E-state index contributed by atoms with van der Waals surface area (Å²) in [6.07, 6.45) is 4.44. The fourth-order valence-corrected chi connectivity index (χ4v) is 1.61. The number of anilines is 2. The van der Waals surface area contributed by atoms with Gasteiger partial charge in [-0.3, -0.25) is 4.98 Å². The van der Waals surface area contributed by atoms with Gasteiger partial charge in [-0.1, -0.05) is 11.6 Å². The topological polar surface area (TPSA) is 63.8 Å². The number of nitrogens with zero attached hydrogens (tertiary/aromatic N) is 2. The second-order valence-corrected chi connectivity index (χ2v) is 3.99. The van der Waals surface area contributed by atoms with Gasteiger partial charge < -0.3 is 11.1 Å². The van der Waals surface area contributed by atoms with Gasteiger partial charge in [-0.25, -0.2) is 4.98 Å². The van der Waals surface area contributed by atoms with E-state index in [4.69, 9.17) is 17.3 Å². The number of nitrogens with two attached hydrogens (primary N) is 1. The lowest BCUT2D eigenvalue weighted by atomic mass is 10.2. The van der Waals surface area contributed by atoms with Crippen LogP contribution in [0.1, 0.15) is 5.56 Å². The Labute approximate surface area is 105 Å². The van der Waals surface area contributed by atoms with Gasteiger partial charge in [-0.05, 0) is 36.2 Å². The van der Waals surface area contributed by atoms with Crippen LogP contribution in [0, 0.1) is 0 Å². The van der Waals surface area contributed by atoms with E-state index in [2.05, 4.69) is 15.3 Å². The highest BCUT2D eigenvalue weighted by Crippen LogP contribution is 2.18. The van der Waals surface area contributed by atoms with E-state index in [9.17, 15) is 0 Å². The monoisotopic (exact) mass is 248 g/mol. The summed E-state index contributed by atoms with van der Waals surface area (Å²) in [4.78, 5) is 8.09. The molecule has 2 aromatic heterocycles. The van der Waals surface area contributed by atoms with Gasteiger partial charge in [0.2, 0.25) is 0 Å². The molecule has 0 spiro atoms. The summed E-state index contributed by atoms with van der Waals surface area (Å²) in [6, 6.07) is 7.38. The number of pyridine rings is 2. The smallest absolute Gasteiger partial charge is 0.150 e. The van der Waals surface area contributed by atoms with E-state index in [1.165, 1.54) is 5.56 Å². The van der Waals surface area contributed by atoms with Crippen LogP contribution in [0.5, 0.6) is 0 Å². The highest BCUT2D eigenvalue weighted by molar-refractivity contribution is 6.29. The van der Waals surface area contributed by atoms with Crippen LogP contribution in [0.4, 0.5) is 11.5 Å². The van der Waals surface area contributed by atoms with Crippen LogP contribution < -0.4 is 11.1 Å². The van der Waals surface area contributed by atoms with E-state index in [0.29, 0.717) is 16.7 Å². The van der Waals surface area contributed by atoms with Crippen LogP contribution in [0.15, 0.2) is 36.7 Å². The first-order valence-corrected chi connectivity index (χ1v) is 5.68. The van der Waals surface area contributed by atoms with Gasteiger partial charge in [0.15, 0.2) is 5.82 Å². The molecule has 3 N–H and O–H groups in total. The summed E-state index contributed by atoms with van der Waals surface area (Å²) in [5.41, 5.74) is 7.59. The highest BCUT2D eigenvalue weighted by Gasteiger charge is 2.01. The standard InChI is InChI=1S/C12H13ClN4/c13-11-2-1-10(14)12(17-11)16-8-5-9-3-6-15-7-4-9/h1-4,6-7H,5,8,14H2,(H,16,17). The molecule has 0 saturated heterocycles. The third-order valence-electron chi connectivity index (χ3n) is 2.35. The van der Waals surface area contributed by atoms with E-state index < -0.39 is 0 Å². The maximum Gasteiger partial charge on any atom is 0.150 e. The highest BCUT2D eigenvalue weighted by atomic mass is 35.5. The predicted molar refractivity (Wildman–Crippen MR) is 70.1 cm³/mol. The zero-order valence-electron chi connectivity index (χ0n) is 9.23. The first-order chi connectivity index (χ1) is 8.25. The second-order valence-electron chi connectivity index (χ2n) is 3.60. The minimum Gasteiger partial charge on any atom is -0.396 e. The van der Waals surface area contributed by atoms with Crippen LogP contribution in [0.25, 0.3) is 0 Å². The predicted octanol–water partition coefficient (Wildman–Crippen LogP) is 2.37. The van der Waals surface area contributed by atoms with Gasteiger partial charge in [0.05, 0.1) is 5.69 Å². The Hall–Kier alpha value is -1.81. The number of aromatic nitrogens is 2. The number of hydrogen-bond acceptors (Lipinski definition) is 4. The Kier molecular flexibility index (Phi) is 3.77. The van der Waals surface area contributed by atoms with Crippen molar-refractivity contribution in [2.75, 3.05) is 17.6 Å². The molecule has 0 saturated carbocycles. The van der Waals surface area contributed by atoms with Gasteiger partial charge in [-0.15, -0.1) is 0 Å². The molecule has 88 valence electrons. The van der Waals surface area contributed by atoms with E-state index >= 15 is 0 Å². The fraction of sp³-hybridized carbons (Fsp3) is 0.167. The lowest BCUT2D eigenvalue weighted by Crippen LogP contribution is -2.08. The van der Waals surface area contributed by atoms with Crippen molar-refractivity contribution in [1.29, 1.82) is 0 Å². The Bertz CT molecular complexity index is 487. The summed E-state index contributed by atoms with van der Waals surface area (Å²) in [5, 5.41) is 3.60. The lowest BCUT2D eigenvalue weighted by molar-refractivity contribution is 1.00. The molecule has 0 aliphatic rings. The number of hydrogen-bond donors (Lipinski definition) is 2. The third kappa shape index (κ3) is 3.32. The average Bonchev–Trinajstić information content (AvgIpc) is 2.35. The molecule has 4 nitrogen and oxygen atoms in total. The maximum atomic E-state index is 5.80. The van der Waals surface area contributed by atoms with Gasteiger partial charge in [0.25, 0.3) is 0 Å². The average molecular weight is 249 g/mol. The van der Waals surface area contributed by atoms with Crippen molar-refractivity contribution in [2.24, 2.45) is 0 Å². The number of nitrogens with one attached hydrogen (secondary N) is 1. The van der Waals surface area contributed by atoms with Gasteiger partial charge in [0.1, 0.15) is 5.15 Å². The van der Waals surface area contributed by atoms with Crippen LogP contribution in [0.3, 0.4) is 0 Å². The molecule has 2 aromatic rings. The molecule has 17 heavy (non-hydrogen) atoms. The summed E-state index contributed by atoms with van der Waals surface area (Å²) in [6.45, 7) is 0.752. The van der Waals surface area contributed by atoms with Crippen molar-refractivity contribution in [1.82, 2.24) is 9.97 Å². The van der Waals surface area contributed by atoms with Crippen molar-refractivity contribution < 1.29 is 0 Å². The molecule has 0 amide bonds. The van der Waals surface area contributed by atoms with Gasteiger partial charge in [0, 0.05) is 18.9 Å². The first kappa shape index (κ1) is 11.7. The van der Waals surface area contributed by atoms with E-state index in [1.807, 2.05) is 12.1 Å². The molecule has 0 atom stereocenters. The zero-order valence-corrected chi connectivity index (χ0v) is 9.98. The third-order valence-corrected chi connectivity index (χ3v) is 2.56. The molecule has 0 aliphatic carbocycles. The number of halogens is 1. The van der Waals surface area contributed by atoms with Crippen LogP contribution in [-0.4, -0.2) is 16.5 Å². The summed E-state index contributed by atoms with van der Waals surface area (Å²) in [5.74, 6) is 0.631. The van der Waals surface area contributed by atoms with E-state index in [0.717, 1.165) is 13.0 Å². The van der Waals surface area contributed by atoms with Crippen molar-refractivity contribution >= 4 is 23.1 Å². The molecule has 0 unspecified atom stereocenters. The van der Waals surface area contributed by atoms with Crippen LogP contribution in [-0.2, 0) is 6.42 Å². The molecular weight excluding hydrogens is 236 g/mol. The molecular formula is C12H13ClN4. The minimum absolute atomic E-state index is 0.436. The fourth-order valence-electron chi connectivity index (χ4n) is 1.46. The quantitative estimate of drug-likeness (QED) is 0.816. The maximum absolute atomic E-state index is 5.80. The largest absolute Gasteiger partial charge is 0.396 e. The van der Waals surface area contributed by atoms with Crippen molar-refractivity contribution in [3.8, 4) is 0 Å². The Balaban J connectivity index is 1.92. The molecule has 2 rings (SSSR count). The summed E-state index contributed by atoms with van der Waals surface area (Å²) in [7, 11) is 0. The van der Waals surface area contributed by atoms with Crippen LogP contribution in [0.2, 0.25) is 5.15 Å². The summed E-state index contributed by atoms with van der Waals surface area (Å²) < 4.78 is 0. The van der Waals surface area contributed by atoms with Crippen molar-refractivity contribution in [2.45, 2.75) is 6.42 Å². The molecule has 2 heterocycles. The summed E-state index contributed by atoms with van der Waals surface area (Å²) >= 11 is 5.80. The van der Waals surface area contributed by atoms with Gasteiger partial charge in [-0.2, -0.15) is 0 Å². The number of rotatable bonds is 4. The second kappa shape index (κ2) is 5.50. The Morgan fingerprint density at radius 2 is 1.94 bits per heavy atom. The van der Waals surface area contributed by atoms with E-state index in [1.54, 1.807) is 24.5 Å². The molecule has 0 bridgehead atoms.